The molecule has 0 aromatic heterocycles. The van der Waals surface area contributed by atoms with Crippen LogP contribution in [0.4, 0.5) is 0 Å². The summed E-state index contributed by atoms with van der Waals surface area (Å²) in [6.45, 7) is 0.763. The van der Waals surface area contributed by atoms with Crippen LogP contribution in [0.3, 0.4) is 0 Å². The highest BCUT2D eigenvalue weighted by molar-refractivity contribution is 6.33. The van der Waals surface area contributed by atoms with Crippen LogP contribution in [0.15, 0.2) is 12.1 Å². The van der Waals surface area contributed by atoms with Crippen molar-refractivity contribution in [3.63, 3.8) is 0 Å². The van der Waals surface area contributed by atoms with Gasteiger partial charge in [-0.3, -0.25) is 0 Å². The summed E-state index contributed by atoms with van der Waals surface area (Å²) in [5, 5.41) is 0.305. The van der Waals surface area contributed by atoms with Gasteiger partial charge in [-0.1, -0.05) is 11.6 Å². The topological polar surface area (TPSA) is 27.7 Å². The van der Waals surface area contributed by atoms with Crippen LogP contribution in [0.2, 0.25) is 5.02 Å². The maximum Gasteiger partial charge on any atom is 0.162 e. The molecule has 2 rings (SSSR count). The van der Waals surface area contributed by atoms with E-state index in [0.29, 0.717) is 16.5 Å². The second kappa shape index (κ2) is 6.69. The summed E-state index contributed by atoms with van der Waals surface area (Å²) in [5.41, 5.74) is 0.827. The quantitative estimate of drug-likeness (QED) is 0.780. The van der Waals surface area contributed by atoms with Crippen LogP contribution in [-0.2, 0) is 4.74 Å². The predicted molar refractivity (Wildman–Crippen MR) is 76.7 cm³/mol. The first-order chi connectivity index (χ1) is 9.17. The first-order valence-corrected chi connectivity index (χ1v) is 7.16. The third-order valence-corrected chi connectivity index (χ3v) is 4.18. The monoisotopic (exact) mass is 304 g/mol. The molecule has 5 heteroatoms. The molecular formula is C14H18Cl2O3. The molecule has 0 amide bonds. The van der Waals surface area contributed by atoms with Crippen molar-refractivity contribution in [1.29, 1.82) is 0 Å². The maximum atomic E-state index is 6.51. The third-order valence-electron chi connectivity index (χ3n) is 3.34. The molecule has 1 aliphatic heterocycles. The minimum Gasteiger partial charge on any atom is -0.493 e. The normalized spacial score (nSPS) is 20.9. The summed E-state index contributed by atoms with van der Waals surface area (Å²) in [6, 6.07) is 3.56. The highest BCUT2D eigenvalue weighted by Gasteiger charge is 2.27. The Morgan fingerprint density at radius 3 is 2.47 bits per heavy atom. The van der Waals surface area contributed by atoms with Crippen molar-refractivity contribution in [1.82, 2.24) is 0 Å². The summed E-state index contributed by atoms with van der Waals surface area (Å²) in [4.78, 5) is 0. The third kappa shape index (κ3) is 3.28. The van der Waals surface area contributed by atoms with Crippen molar-refractivity contribution in [3.8, 4) is 11.5 Å². The Kier molecular flexibility index (Phi) is 5.20. The molecule has 0 N–H and O–H groups in total. The van der Waals surface area contributed by atoms with Crippen molar-refractivity contribution in [2.45, 2.75) is 30.7 Å². The van der Waals surface area contributed by atoms with Gasteiger partial charge >= 0.3 is 0 Å². The van der Waals surface area contributed by atoms with Gasteiger partial charge in [-0.05, 0) is 30.9 Å². The average molecular weight is 305 g/mol. The molecule has 0 radical (unpaired) electrons. The number of benzene rings is 1. The Labute approximate surface area is 123 Å². The number of hydrogen-bond acceptors (Lipinski definition) is 3. The standard InChI is InChI=1S/C14H18Cl2O3/c1-17-12-7-9(10(15)8-13(12)18-2)14(16)11-5-3-4-6-19-11/h7-8,11,14H,3-6H2,1-2H3. The summed E-state index contributed by atoms with van der Waals surface area (Å²) >= 11 is 12.8. The van der Waals surface area contributed by atoms with Gasteiger partial charge in [0.25, 0.3) is 0 Å². The molecule has 1 aromatic rings. The van der Waals surface area contributed by atoms with Gasteiger partial charge in [0, 0.05) is 17.7 Å². The van der Waals surface area contributed by atoms with E-state index in [1.807, 2.05) is 6.07 Å². The van der Waals surface area contributed by atoms with E-state index in [1.165, 1.54) is 0 Å². The van der Waals surface area contributed by atoms with Crippen molar-refractivity contribution < 1.29 is 14.2 Å². The molecular weight excluding hydrogens is 287 g/mol. The smallest absolute Gasteiger partial charge is 0.162 e. The van der Waals surface area contributed by atoms with E-state index in [4.69, 9.17) is 37.4 Å². The molecule has 1 saturated heterocycles. The second-order valence-corrected chi connectivity index (χ2v) is 5.41. The van der Waals surface area contributed by atoms with E-state index < -0.39 is 0 Å². The molecule has 106 valence electrons. The van der Waals surface area contributed by atoms with Crippen LogP contribution in [-0.4, -0.2) is 26.9 Å². The highest BCUT2D eigenvalue weighted by Crippen LogP contribution is 2.41. The lowest BCUT2D eigenvalue weighted by molar-refractivity contribution is 0.0135. The van der Waals surface area contributed by atoms with Gasteiger partial charge in [-0.15, -0.1) is 11.6 Å². The molecule has 1 heterocycles. The van der Waals surface area contributed by atoms with Gasteiger partial charge in [-0.25, -0.2) is 0 Å². The first kappa shape index (κ1) is 14.8. The van der Waals surface area contributed by atoms with Crippen molar-refractivity contribution >= 4 is 23.2 Å². The average Bonchev–Trinajstić information content (AvgIpc) is 2.47. The van der Waals surface area contributed by atoms with E-state index in [2.05, 4.69) is 0 Å². The number of hydrogen-bond donors (Lipinski definition) is 0. The van der Waals surface area contributed by atoms with Gasteiger partial charge in [0.15, 0.2) is 11.5 Å². The van der Waals surface area contributed by atoms with Crippen LogP contribution >= 0.6 is 23.2 Å². The molecule has 19 heavy (non-hydrogen) atoms. The minimum atomic E-state index is -0.271. The zero-order chi connectivity index (χ0) is 13.8. The lowest BCUT2D eigenvalue weighted by atomic mass is 10.0. The highest BCUT2D eigenvalue weighted by atomic mass is 35.5. The van der Waals surface area contributed by atoms with Crippen molar-refractivity contribution in [2.24, 2.45) is 0 Å². The Morgan fingerprint density at radius 1 is 1.21 bits per heavy atom. The maximum absolute atomic E-state index is 6.51. The molecule has 2 atom stereocenters. The zero-order valence-corrected chi connectivity index (χ0v) is 12.6. The van der Waals surface area contributed by atoms with Crippen molar-refractivity contribution in [2.75, 3.05) is 20.8 Å². The van der Waals surface area contributed by atoms with E-state index in [9.17, 15) is 0 Å². The van der Waals surface area contributed by atoms with Crippen LogP contribution in [0, 0.1) is 0 Å². The summed E-state index contributed by atoms with van der Waals surface area (Å²) in [5.74, 6) is 1.23. The van der Waals surface area contributed by atoms with Crippen LogP contribution < -0.4 is 9.47 Å². The zero-order valence-electron chi connectivity index (χ0n) is 11.1. The molecule has 0 spiro atoms. The second-order valence-electron chi connectivity index (χ2n) is 4.54. The largest absolute Gasteiger partial charge is 0.493 e. The van der Waals surface area contributed by atoms with Crippen LogP contribution in [0.25, 0.3) is 0 Å². The molecule has 2 unspecified atom stereocenters. The molecule has 0 saturated carbocycles. The van der Waals surface area contributed by atoms with E-state index in [1.54, 1.807) is 20.3 Å². The van der Waals surface area contributed by atoms with Crippen molar-refractivity contribution in [3.05, 3.63) is 22.7 Å². The molecule has 0 bridgehead atoms. The van der Waals surface area contributed by atoms with Gasteiger partial charge in [0.2, 0.25) is 0 Å². The number of methoxy groups -OCH3 is 2. The Hall–Kier alpha value is -0.640. The van der Waals surface area contributed by atoms with E-state index >= 15 is 0 Å². The summed E-state index contributed by atoms with van der Waals surface area (Å²) in [6.07, 6.45) is 3.20. The van der Waals surface area contributed by atoms with Gasteiger partial charge in [0.05, 0.1) is 25.7 Å². The number of halogens is 2. The first-order valence-electron chi connectivity index (χ1n) is 6.34. The lowest BCUT2D eigenvalue weighted by Gasteiger charge is -2.27. The summed E-state index contributed by atoms with van der Waals surface area (Å²) < 4.78 is 16.2. The fourth-order valence-electron chi connectivity index (χ4n) is 2.28. The Bertz CT molecular complexity index is 431. The lowest BCUT2D eigenvalue weighted by Crippen LogP contribution is -2.23. The molecule has 1 fully saturated rings. The fourth-order valence-corrected chi connectivity index (χ4v) is 2.98. The number of ether oxygens (including phenoxy) is 3. The minimum absolute atomic E-state index is 0.00557. The van der Waals surface area contributed by atoms with Gasteiger partial charge < -0.3 is 14.2 Å². The Morgan fingerprint density at radius 2 is 1.89 bits per heavy atom. The van der Waals surface area contributed by atoms with Crippen LogP contribution in [0.1, 0.15) is 30.2 Å². The predicted octanol–water partition coefficient (Wildman–Crippen LogP) is 4.21. The van der Waals surface area contributed by atoms with Gasteiger partial charge in [0.1, 0.15) is 0 Å². The van der Waals surface area contributed by atoms with Crippen LogP contribution in [0.5, 0.6) is 11.5 Å². The molecule has 1 aromatic carbocycles. The number of rotatable bonds is 4. The summed E-state index contributed by atoms with van der Waals surface area (Å²) in [7, 11) is 3.17. The SMILES string of the molecule is COc1cc(Cl)c(C(Cl)C2CCCCO2)cc1OC. The Balaban J connectivity index is 2.27. The van der Waals surface area contributed by atoms with Gasteiger partial charge in [-0.2, -0.15) is 0 Å². The fraction of sp³-hybridized carbons (Fsp3) is 0.571. The molecule has 1 aliphatic rings. The molecule has 0 aliphatic carbocycles. The number of alkyl halides is 1. The molecule has 3 nitrogen and oxygen atoms in total. The van der Waals surface area contributed by atoms with E-state index in [-0.39, 0.29) is 11.5 Å². The van der Waals surface area contributed by atoms with E-state index in [0.717, 1.165) is 31.4 Å².